The van der Waals surface area contributed by atoms with E-state index in [2.05, 4.69) is 16.4 Å². The fraction of sp³-hybridized carbons (Fsp3) is 0.0952. The van der Waals surface area contributed by atoms with Crippen LogP contribution in [0.5, 0.6) is 5.75 Å². The highest BCUT2D eigenvalue weighted by Gasteiger charge is 2.26. The van der Waals surface area contributed by atoms with Gasteiger partial charge in [-0.2, -0.15) is 5.26 Å². The summed E-state index contributed by atoms with van der Waals surface area (Å²) in [6, 6.07) is 16.9. The van der Waals surface area contributed by atoms with Crippen LogP contribution in [-0.2, 0) is 13.2 Å². The molecule has 3 aromatic rings. The first-order chi connectivity index (χ1) is 13.7. The number of fused-ring (bicyclic) bond motifs is 1. The number of benzene rings is 2. The number of pyridine rings is 1. The molecular formula is C21H15FN4O2. The maximum absolute atomic E-state index is 13.7. The van der Waals surface area contributed by atoms with E-state index in [1.165, 1.54) is 23.2 Å². The first kappa shape index (κ1) is 17.5. The third-order valence-corrected chi connectivity index (χ3v) is 4.42. The maximum Gasteiger partial charge on any atom is 0.326 e. The summed E-state index contributed by atoms with van der Waals surface area (Å²) in [6.45, 7) is 0.266. The predicted octanol–water partition coefficient (Wildman–Crippen LogP) is 4.22. The molecule has 0 saturated carbocycles. The van der Waals surface area contributed by atoms with Crippen LogP contribution < -0.4 is 15.0 Å². The average molecular weight is 374 g/mol. The molecule has 138 valence electrons. The van der Waals surface area contributed by atoms with Crippen molar-refractivity contribution in [3.05, 3.63) is 83.4 Å². The van der Waals surface area contributed by atoms with Gasteiger partial charge in [-0.25, -0.2) is 9.18 Å². The fourth-order valence-corrected chi connectivity index (χ4v) is 2.99. The number of aromatic nitrogens is 1. The van der Waals surface area contributed by atoms with E-state index < -0.39 is 5.82 Å². The van der Waals surface area contributed by atoms with Gasteiger partial charge in [0.2, 0.25) is 0 Å². The standard InChI is InChI=1S/C21H15FN4O2/c22-17-5-3-9-24-19(17)13-28-16-8-7-14(11-23)20(10-16)26-12-15-4-1-2-6-18(15)25-21(26)27/h1-10H,12-13H2,(H,25,27). The molecule has 1 aliphatic rings. The summed E-state index contributed by atoms with van der Waals surface area (Å²) in [6.07, 6.45) is 1.49. The van der Waals surface area contributed by atoms with Gasteiger partial charge in [0.1, 0.15) is 29.9 Å². The molecular weight excluding hydrogens is 359 g/mol. The van der Waals surface area contributed by atoms with Gasteiger partial charge < -0.3 is 10.1 Å². The van der Waals surface area contributed by atoms with E-state index in [1.54, 1.807) is 18.2 Å². The summed E-state index contributed by atoms with van der Waals surface area (Å²) >= 11 is 0. The number of carbonyl (C=O) groups excluding carboxylic acids is 1. The molecule has 0 radical (unpaired) electrons. The van der Waals surface area contributed by atoms with Gasteiger partial charge in [-0.05, 0) is 35.9 Å². The number of hydrogen-bond acceptors (Lipinski definition) is 4. The van der Waals surface area contributed by atoms with Gasteiger partial charge in [-0.15, -0.1) is 0 Å². The van der Waals surface area contributed by atoms with Crippen LogP contribution in [0.15, 0.2) is 60.8 Å². The van der Waals surface area contributed by atoms with Crippen LogP contribution in [0, 0.1) is 17.1 Å². The minimum absolute atomic E-state index is 0.0625. The lowest BCUT2D eigenvalue weighted by Gasteiger charge is -2.30. The van der Waals surface area contributed by atoms with Crippen molar-refractivity contribution in [2.75, 3.05) is 10.2 Å². The van der Waals surface area contributed by atoms with E-state index in [0.717, 1.165) is 11.3 Å². The zero-order valence-electron chi connectivity index (χ0n) is 14.7. The van der Waals surface area contributed by atoms with E-state index >= 15 is 0 Å². The molecule has 4 rings (SSSR count). The topological polar surface area (TPSA) is 78.2 Å². The number of amides is 2. The second-order valence-corrected chi connectivity index (χ2v) is 6.18. The molecule has 2 amide bonds. The molecule has 0 unspecified atom stereocenters. The molecule has 7 heteroatoms. The smallest absolute Gasteiger partial charge is 0.326 e. The van der Waals surface area contributed by atoms with Gasteiger partial charge in [-0.3, -0.25) is 9.88 Å². The lowest BCUT2D eigenvalue weighted by atomic mass is 10.1. The minimum Gasteiger partial charge on any atom is -0.487 e. The third-order valence-electron chi connectivity index (χ3n) is 4.42. The fourth-order valence-electron chi connectivity index (χ4n) is 2.99. The van der Waals surface area contributed by atoms with Gasteiger partial charge in [-0.1, -0.05) is 18.2 Å². The Bertz CT molecular complexity index is 1090. The number of rotatable bonds is 4. The number of anilines is 2. The summed E-state index contributed by atoms with van der Waals surface area (Å²) in [7, 11) is 0. The number of nitrogens with one attached hydrogen (secondary N) is 1. The Morgan fingerprint density at radius 3 is 2.89 bits per heavy atom. The SMILES string of the molecule is N#Cc1ccc(OCc2ncccc2F)cc1N1Cc2ccccc2NC1=O. The lowest BCUT2D eigenvalue weighted by molar-refractivity contribution is 0.256. The van der Waals surface area contributed by atoms with Crippen LogP contribution in [0.1, 0.15) is 16.8 Å². The highest BCUT2D eigenvalue weighted by atomic mass is 19.1. The van der Waals surface area contributed by atoms with E-state index in [-0.39, 0.29) is 18.3 Å². The molecule has 0 atom stereocenters. The molecule has 0 bridgehead atoms. The molecule has 0 saturated heterocycles. The Morgan fingerprint density at radius 2 is 2.07 bits per heavy atom. The van der Waals surface area contributed by atoms with Gasteiger partial charge in [0.25, 0.3) is 0 Å². The van der Waals surface area contributed by atoms with Crippen LogP contribution >= 0.6 is 0 Å². The summed E-state index contributed by atoms with van der Waals surface area (Å²) < 4.78 is 19.4. The quantitative estimate of drug-likeness (QED) is 0.741. The predicted molar refractivity (Wildman–Crippen MR) is 101 cm³/mol. The Balaban J connectivity index is 1.62. The normalized spacial score (nSPS) is 12.7. The first-order valence-corrected chi connectivity index (χ1v) is 8.58. The van der Waals surface area contributed by atoms with E-state index in [0.29, 0.717) is 23.5 Å². The molecule has 6 nitrogen and oxygen atoms in total. The number of para-hydroxylation sites is 1. The van der Waals surface area contributed by atoms with E-state index in [1.807, 2.05) is 24.3 Å². The van der Waals surface area contributed by atoms with Crippen molar-refractivity contribution in [1.29, 1.82) is 5.26 Å². The van der Waals surface area contributed by atoms with Crippen molar-refractivity contribution in [3.63, 3.8) is 0 Å². The average Bonchev–Trinajstić information content (AvgIpc) is 2.72. The van der Waals surface area contributed by atoms with Crippen molar-refractivity contribution in [2.45, 2.75) is 13.2 Å². The zero-order chi connectivity index (χ0) is 19.5. The lowest BCUT2D eigenvalue weighted by Crippen LogP contribution is -2.39. The number of urea groups is 1. The minimum atomic E-state index is -0.455. The largest absolute Gasteiger partial charge is 0.487 e. The van der Waals surface area contributed by atoms with Crippen LogP contribution in [-0.4, -0.2) is 11.0 Å². The number of nitrogens with zero attached hydrogens (tertiary/aromatic N) is 3. The summed E-state index contributed by atoms with van der Waals surface area (Å²) in [5.41, 5.74) is 2.63. The van der Waals surface area contributed by atoms with Gasteiger partial charge in [0.05, 0.1) is 17.8 Å². The number of halogens is 1. The Hall–Kier alpha value is -3.92. The van der Waals surface area contributed by atoms with Crippen molar-refractivity contribution in [2.24, 2.45) is 0 Å². The molecule has 1 aromatic heterocycles. The molecule has 1 aliphatic heterocycles. The first-order valence-electron chi connectivity index (χ1n) is 8.58. The maximum atomic E-state index is 13.7. The van der Waals surface area contributed by atoms with Gasteiger partial charge in [0, 0.05) is 18.0 Å². The third kappa shape index (κ3) is 3.35. The molecule has 2 heterocycles. The van der Waals surface area contributed by atoms with Gasteiger partial charge in [0.15, 0.2) is 0 Å². The van der Waals surface area contributed by atoms with Crippen LogP contribution in [0.2, 0.25) is 0 Å². The van der Waals surface area contributed by atoms with Crippen molar-refractivity contribution >= 4 is 17.4 Å². The number of ether oxygens (including phenoxy) is 1. The van der Waals surface area contributed by atoms with E-state index in [4.69, 9.17) is 4.74 Å². The Morgan fingerprint density at radius 1 is 1.21 bits per heavy atom. The summed E-state index contributed by atoms with van der Waals surface area (Å²) in [4.78, 5) is 18.0. The van der Waals surface area contributed by atoms with Gasteiger partial charge >= 0.3 is 6.03 Å². The Labute approximate surface area is 160 Å². The number of hydrogen-bond donors (Lipinski definition) is 1. The monoisotopic (exact) mass is 374 g/mol. The summed E-state index contributed by atoms with van der Waals surface area (Å²) in [5, 5.41) is 12.3. The molecule has 1 N–H and O–H groups in total. The highest BCUT2D eigenvalue weighted by Crippen LogP contribution is 2.32. The van der Waals surface area contributed by atoms with Crippen LogP contribution in [0.25, 0.3) is 0 Å². The molecule has 0 fully saturated rings. The second-order valence-electron chi connectivity index (χ2n) is 6.18. The van der Waals surface area contributed by atoms with Crippen molar-refractivity contribution < 1.29 is 13.9 Å². The number of carbonyl (C=O) groups is 1. The zero-order valence-corrected chi connectivity index (χ0v) is 14.7. The molecule has 0 spiro atoms. The highest BCUT2D eigenvalue weighted by molar-refractivity contribution is 6.05. The molecule has 0 aliphatic carbocycles. The Kier molecular flexibility index (Phi) is 4.60. The summed E-state index contributed by atoms with van der Waals surface area (Å²) in [5.74, 6) is -0.0471. The van der Waals surface area contributed by atoms with Crippen molar-refractivity contribution in [1.82, 2.24) is 4.98 Å². The van der Waals surface area contributed by atoms with E-state index in [9.17, 15) is 14.4 Å². The molecule has 2 aromatic carbocycles. The van der Waals surface area contributed by atoms with Crippen molar-refractivity contribution in [3.8, 4) is 11.8 Å². The van der Waals surface area contributed by atoms with Crippen LogP contribution in [0.4, 0.5) is 20.6 Å². The number of nitriles is 1. The molecule has 28 heavy (non-hydrogen) atoms. The second kappa shape index (κ2) is 7.37. The van der Waals surface area contributed by atoms with Crippen LogP contribution in [0.3, 0.4) is 0 Å².